The van der Waals surface area contributed by atoms with Gasteiger partial charge in [-0.25, -0.2) is 0 Å². The second kappa shape index (κ2) is 4.53. The number of alkyl halides is 3. The van der Waals surface area contributed by atoms with E-state index in [4.69, 9.17) is 5.73 Å². The van der Waals surface area contributed by atoms with Crippen LogP contribution in [0.15, 0.2) is 22.7 Å². The summed E-state index contributed by atoms with van der Waals surface area (Å²) >= 11 is 3.11. The Kier molecular flexibility index (Phi) is 3.78. The third-order valence-corrected chi connectivity index (χ3v) is 2.88. The Balaban J connectivity index is 3.18. The van der Waals surface area contributed by atoms with Crippen LogP contribution < -0.4 is 5.73 Å². The normalized spacial score (nSPS) is 14.0. The summed E-state index contributed by atoms with van der Waals surface area (Å²) < 4.78 is 38.3. The quantitative estimate of drug-likeness (QED) is 0.884. The molecule has 0 aliphatic rings. The lowest BCUT2D eigenvalue weighted by molar-refractivity contribution is -0.148. The van der Waals surface area contributed by atoms with E-state index >= 15 is 0 Å². The summed E-state index contributed by atoms with van der Waals surface area (Å²) in [5, 5.41) is 0. The minimum Gasteiger partial charge on any atom is -0.330 e. The minimum absolute atomic E-state index is 0.199. The Hall–Kier alpha value is -0.550. The Labute approximate surface area is 94.6 Å². The molecule has 0 aromatic heterocycles. The van der Waals surface area contributed by atoms with E-state index in [0.717, 1.165) is 5.56 Å². The predicted molar refractivity (Wildman–Crippen MR) is 56.7 cm³/mol. The van der Waals surface area contributed by atoms with Crippen LogP contribution in [-0.2, 0) is 0 Å². The Morgan fingerprint density at radius 3 is 2.47 bits per heavy atom. The van der Waals surface area contributed by atoms with Crippen LogP contribution in [0, 0.1) is 6.92 Å². The molecule has 0 amide bonds. The van der Waals surface area contributed by atoms with Crippen molar-refractivity contribution < 1.29 is 13.2 Å². The van der Waals surface area contributed by atoms with E-state index in [1.165, 1.54) is 6.07 Å². The average Bonchev–Trinajstić information content (AvgIpc) is 2.10. The standard InChI is InChI=1S/C10H11BrF3N/c1-6-2-3-9(11)7(4-6)8(5-15)10(12,13)14/h2-4,8H,5,15H2,1H3. The highest BCUT2D eigenvalue weighted by molar-refractivity contribution is 9.10. The van der Waals surface area contributed by atoms with Crippen LogP contribution in [0.4, 0.5) is 13.2 Å². The van der Waals surface area contributed by atoms with Crippen molar-refractivity contribution in [2.75, 3.05) is 6.54 Å². The maximum atomic E-state index is 12.6. The van der Waals surface area contributed by atoms with E-state index < -0.39 is 18.6 Å². The van der Waals surface area contributed by atoms with E-state index in [1.807, 2.05) is 0 Å². The molecule has 2 N–H and O–H groups in total. The van der Waals surface area contributed by atoms with Gasteiger partial charge in [-0.15, -0.1) is 0 Å². The largest absolute Gasteiger partial charge is 0.396 e. The van der Waals surface area contributed by atoms with Gasteiger partial charge in [0, 0.05) is 11.0 Å². The van der Waals surface area contributed by atoms with E-state index in [1.54, 1.807) is 19.1 Å². The van der Waals surface area contributed by atoms with E-state index in [-0.39, 0.29) is 5.56 Å². The molecule has 5 heteroatoms. The zero-order valence-electron chi connectivity index (χ0n) is 8.11. The van der Waals surface area contributed by atoms with Gasteiger partial charge in [-0.1, -0.05) is 33.6 Å². The molecule has 15 heavy (non-hydrogen) atoms. The molecule has 1 aromatic carbocycles. The van der Waals surface area contributed by atoms with Crippen LogP contribution in [0.1, 0.15) is 17.0 Å². The smallest absolute Gasteiger partial charge is 0.330 e. The van der Waals surface area contributed by atoms with Gasteiger partial charge < -0.3 is 5.73 Å². The number of benzene rings is 1. The minimum atomic E-state index is -4.30. The maximum Gasteiger partial charge on any atom is 0.396 e. The van der Waals surface area contributed by atoms with Crippen molar-refractivity contribution in [2.45, 2.75) is 19.0 Å². The van der Waals surface area contributed by atoms with Crippen LogP contribution in [0.25, 0.3) is 0 Å². The van der Waals surface area contributed by atoms with Gasteiger partial charge in [0.25, 0.3) is 0 Å². The topological polar surface area (TPSA) is 26.0 Å². The number of halogens is 4. The number of nitrogens with two attached hydrogens (primary N) is 1. The van der Waals surface area contributed by atoms with Crippen molar-refractivity contribution in [3.05, 3.63) is 33.8 Å². The van der Waals surface area contributed by atoms with Gasteiger partial charge in [-0.05, 0) is 18.6 Å². The van der Waals surface area contributed by atoms with Crippen molar-refractivity contribution in [3.63, 3.8) is 0 Å². The predicted octanol–water partition coefficient (Wildman–Crippen LogP) is 3.36. The van der Waals surface area contributed by atoms with Gasteiger partial charge in [0.05, 0.1) is 5.92 Å². The van der Waals surface area contributed by atoms with Crippen LogP contribution >= 0.6 is 15.9 Å². The zero-order valence-corrected chi connectivity index (χ0v) is 9.69. The summed E-state index contributed by atoms with van der Waals surface area (Å²) in [4.78, 5) is 0. The molecule has 0 aliphatic carbocycles. The molecule has 1 nitrogen and oxygen atoms in total. The van der Waals surface area contributed by atoms with Crippen LogP contribution in [0.2, 0.25) is 0 Å². The first kappa shape index (κ1) is 12.5. The molecule has 0 saturated heterocycles. The van der Waals surface area contributed by atoms with Gasteiger partial charge in [-0.2, -0.15) is 13.2 Å². The van der Waals surface area contributed by atoms with Crippen molar-refractivity contribution in [1.29, 1.82) is 0 Å². The SMILES string of the molecule is Cc1ccc(Br)c(C(CN)C(F)(F)F)c1. The fourth-order valence-electron chi connectivity index (χ4n) is 1.37. The number of hydrogen-bond acceptors (Lipinski definition) is 1. The highest BCUT2D eigenvalue weighted by Crippen LogP contribution is 2.37. The lowest BCUT2D eigenvalue weighted by atomic mass is 9.97. The summed E-state index contributed by atoms with van der Waals surface area (Å²) in [6.07, 6.45) is -4.30. The van der Waals surface area contributed by atoms with Crippen molar-refractivity contribution in [3.8, 4) is 0 Å². The third-order valence-electron chi connectivity index (χ3n) is 2.16. The molecule has 1 unspecified atom stereocenters. The van der Waals surface area contributed by atoms with E-state index in [2.05, 4.69) is 15.9 Å². The molecule has 1 aromatic rings. The Bertz CT molecular complexity index is 349. The Morgan fingerprint density at radius 1 is 1.40 bits per heavy atom. The van der Waals surface area contributed by atoms with Crippen molar-refractivity contribution in [1.82, 2.24) is 0 Å². The molecule has 0 fully saturated rings. The molecule has 1 atom stereocenters. The number of rotatable bonds is 2. The second-order valence-corrected chi connectivity index (χ2v) is 4.21. The molecule has 0 aliphatic heterocycles. The molecule has 0 saturated carbocycles. The number of hydrogen-bond donors (Lipinski definition) is 1. The van der Waals surface area contributed by atoms with Gasteiger partial charge in [0.15, 0.2) is 0 Å². The lowest BCUT2D eigenvalue weighted by Crippen LogP contribution is -2.28. The monoisotopic (exact) mass is 281 g/mol. The van der Waals surface area contributed by atoms with Crippen molar-refractivity contribution in [2.24, 2.45) is 5.73 Å². The highest BCUT2D eigenvalue weighted by Gasteiger charge is 2.40. The molecular formula is C10H11BrF3N. The van der Waals surface area contributed by atoms with E-state index in [9.17, 15) is 13.2 Å². The maximum absolute atomic E-state index is 12.6. The first-order chi connectivity index (χ1) is 6.86. The first-order valence-electron chi connectivity index (χ1n) is 4.39. The molecule has 0 heterocycles. The molecular weight excluding hydrogens is 271 g/mol. The molecule has 1 rings (SSSR count). The zero-order chi connectivity index (χ0) is 11.6. The fraction of sp³-hybridized carbons (Fsp3) is 0.400. The highest BCUT2D eigenvalue weighted by atomic mass is 79.9. The van der Waals surface area contributed by atoms with Gasteiger partial charge >= 0.3 is 6.18 Å². The van der Waals surface area contributed by atoms with Crippen LogP contribution in [0.3, 0.4) is 0 Å². The van der Waals surface area contributed by atoms with E-state index in [0.29, 0.717) is 4.47 Å². The summed E-state index contributed by atoms with van der Waals surface area (Å²) in [6, 6.07) is 4.87. The van der Waals surface area contributed by atoms with Gasteiger partial charge in [0.2, 0.25) is 0 Å². The summed E-state index contributed by atoms with van der Waals surface area (Å²) in [5.41, 5.74) is 6.16. The second-order valence-electron chi connectivity index (χ2n) is 3.35. The molecule has 0 radical (unpaired) electrons. The summed E-state index contributed by atoms with van der Waals surface area (Å²) in [5.74, 6) is -1.60. The lowest BCUT2D eigenvalue weighted by Gasteiger charge is -2.20. The van der Waals surface area contributed by atoms with Crippen LogP contribution in [0.5, 0.6) is 0 Å². The van der Waals surface area contributed by atoms with Crippen molar-refractivity contribution >= 4 is 15.9 Å². The third kappa shape index (κ3) is 2.95. The van der Waals surface area contributed by atoms with Crippen LogP contribution in [-0.4, -0.2) is 12.7 Å². The average molecular weight is 282 g/mol. The molecule has 84 valence electrons. The fourth-order valence-corrected chi connectivity index (χ4v) is 1.89. The van der Waals surface area contributed by atoms with Gasteiger partial charge in [0.1, 0.15) is 0 Å². The number of aryl methyl sites for hydroxylation is 1. The first-order valence-corrected chi connectivity index (χ1v) is 5.18. The Morgan fingerprint density at radius 2 is 2.00 bits per heavy atom. The molecule has 0 bridgehead atoms. The molecule has 0 spiro atoms. The van der Waals surface area contributed by atoms with Gasteiger partial charge in [-0.3, -0.25) is 0 Å². The summed E-state index contributed by atoms with van der Waals surface area (Å²) in [6.45, 7) is 1.31. The summed E-state index contributed by atoms with van der Waals surface area (Å²) in [7, 11) is 0.